The van der Waals surface area contributed by atoms with Gasteiger partial charge in [0.15, 0.2) is 0 Å². The van der Waals surface area contributed by atoms with Crippen molar-refractivity contribution in [1.82, 2.24) is 0 Å². The number of ether oxygens (including phenoxy) is 2. The number of carbonyl (C=O) groups is 1. The summed E-state index contributed by atoms with van der Waals surface area (Å²) in [5, 5.41) is 0. The van der Waals surface area contributed by atoms with Gasteiger partial charge in [0, 0.05) is 0 Å². The van der Waals surface area contributed by atoms with E-state index in [-0.39, 0.29) is 0 Å². The molecule has 4 heteroatoms. The standard InChI is InChI=1S/C10H11BrO3/c1-6-4-7(10(12)14-3)9(13-2)8(11)5-6/h4-5H,1-3H3. The molecule has 0 unspecified atom stereocenters. The van der Waals surface area contributed by atoms with Crippen LogP contribution >= 0.6 is 15.9 Å². The number of methoxy groups -OCH3 is 2. The Bertz CT molecular complexity index is 361. The lowest BCUT2D eigenvalue weighted by molar-refractivity contribution is 0.0597. The van der Waals surface area contributed by atoms with Gasteiger partial charge in [0.25, 0.3) is 0 Å². The normalized spacial score (nSPS) is 9.71. The van der Waals surface area contributed by atoms with E-state index in [9.17, 15) is 4.79 Å². The first-order valence-electron chi connectivity index (χ1n) is 4.02. The molecule has 0 N–H and O–H groups in total. The Morgan fingerprint density at radius 3 is 2.50 bits per heavy atom. The Labute approximate surface area is 91.1 Å². The number of carbonyl (C=O) groups excluding carboxylic acids is 1. The van der Waals surface area contributed by atoms with Crippen LogP contribution in [0.15, 0.2) is 16.6 Å². The number of hydrogen-bond donors (Lipinski definition) is 0. The minimum Gasteiger partial charge on any atom is -0.495 e. The maximum absolute atomic E-state index is 11.4. The number of benzene rings is 1. The fourth-order valence-corrected chi connectivity index (χ4v) is 1.93. The van der Waals surface area contributed by atoms with E-state index in [0.29, 0.717) is 11.3 Å². The zero-order chi connectivity index (χ0) is 10.7. The van der Waals surface area contributed by atoms with Gasteiger partial charge in [-0.15, -0.1) is 0 Å². The number of hydrogen-bond acceptors (Lipinski definition) is 3. The predicted octanol–water partition coefficient (Wildman–Crippen LogP) is 2.55. The monoisotopic (exact) mass is 258 g/mol. The van der Waals surface area contributed by atoms with E-state index in [2.05, 4.69) is 20.7 Å². The summed E-state index contributed by atoms with van der Waals surface area (Å²) in [4.78, 5) is 11.4. The molecule has 0 heterocycles. The van der Waals surface area contributed by atoms with Gasteiger partial charge in [-0.05, 0) is 40.5 Å². The van der Waals surface area contributed by atoms with Gasteiger partial charge in [0.2, 0.25) is 0 Å². The molecule has 0 saturated carbocycles. The number of halogens is 1. The Morgan fingerprint density at radius 2 is 2.00 bits per heavy atom. The molecule has 0 aromatic heterocycles. The summed E-state index contributed by atoms with van der Waals surface area (Å²) in [7, 11) is 2.86. The van der Waals surface area contributed by atoms with E-state index in [0.717, 1.165) is 10.0 Å². The van der Waals surface area contributed by atoms with Crippen molar-refractivity contribution >= 4 is 21.9 Å². The first-order chi connectivity index (χ1) is 6.60. The first kappa shape index (κ1) is 11.0. The summed E-state index contributed by atoms with van der Waals surface area (Å²) in [5.41, 5.74) is 1.40. The number of rotatable bonds is 2. The molecule has 14 heavy (non-hydrogen) atoms. The van der Waals surface area contributed by atoms with Gasteiger partial charge in [-0.1, -0.05) is 0 Å². The lowest BCUT2D eigenvalue weighted by Gasteiger charge is -2.09. The molecule has 0 aliphatic carbocycles. The van der Waals surface area contributed by atoms with Crippen molar-refractivity contribution in [2.75, 3.05) is 14.2 Å². The van der Waals surface area contributed by atoms with Gasteiger partial charge >= 0.3 is 5.97 Å². The van der Waals surface area contributed by atoms with E-state index in [1.807, 2.05) is 13.0 Å². The Morgan fingerprint density at radius 1 is 1.36 bits per heavy atom. The molecule has 0 aliphatic heterocycles. The minimum atomic E-state index is -0.397. The Hall–Kier alpha value is -1.03. The van der Waals surface area contributed by atoms with Gasteiger partial charge in [-0.3, -0.25) is 0 Å². The third-order valence-corrected chi connectivity index (χ3v) is 2.39. The second kappa shape index (κ2) is 4.46. The predicted molar refractivity (Wildman–Crippen MR) is 56.8 cm³/mol. The summed E-state index contributed by atoms with van der Waals surface area (Å²) in [6.07, 6.45) is 0. The summed E-state index contributed by atoms with van der Waals surface area (Å²) in [6, 6.07) is 3.61. The fraction of sp³-hybridized carbons (Fsp3) is 0.300. The lowest BCUT2D eigenvalue weighted by atomic mass is 10.1. The van der Waals surface area contributed by atoms with Crippen molar-refractivity contribution in [2.45, 2.75) is 6.92 Å². The Kier molecular flexibility index (Phi) is 3.52. The van der Waals surface area contributed by atoms with Crippen molar-refractivity contribution in [3.05, 3.63) is 27.7 Å². The minimum absolute atomic E-state index is 0.397. The Balaban J connectivity index is 3.32. The van der Waals surface area contributed by atoms with Gasteiger partial charge in [0.05, 0.1) is 18.7 Å². The molecule has 1 aromatic carbocycles. The van der Waals surface area contributed by atoms with E-state index >= 15 is 0 Å². The summed E-state index contributed by atoms with van der Waals surface area (Å²) in [6.45, 7) is 1.90. The molecule has 0 bridgehead atoms. The van der Waals surface area contributed by atoms with Crippen LogP contribution in [0, 0.1) is 6.92 Å². The van der Waals surface area contributed by atoms with E-state index in [1.54, 1.807) is 6.07 Å². The molecular weight excluding hydrogens is 248 g/mol. The number of esters is 1. The van der Waals surface area contributed by atoms with Crippen LogP contribution in [-0.4, -0.2) is 20.2 Å². The first-order valence-corrected chi connectivity index (χ1v) is 4.82. The van der Waals surface area contributed by atoms with Crippen molar-refractivity contribution < 1.29 is 14.3 Å². The molecule has 0 radical (unpaired) electrons. The smallest absolute Gasteiger partial charge is 0.341 e. The van der Waals surface area contributed by atoms with Crippen LogP contribution in [0.3, 0.4) is 0 Å². The summed E-state index contributed by atoms with van der Waals surface area (Å²) >= 11 is 3.32. The largest absolute Gasteiger partial charge is 0.495 e. The topological polar surface area (TPSA) is 35.5 Å². The SMILES string of the molecule is COC(=O)c1cc(C)cc(Br)c1OC. The highest BCUT2D eigenvalue weighted by Gasteiger charge is 2.15. The molecule has 0 aliphatic rings. The van der Waals surface area contributed by atoms with Crippen LogP contribution in [0.2, 0.25) is 0 Å². The molecule has 3 nitrogen and oxygen atoms in total. The maximum Gasteiger partial charge on any atom is 0.341 e. The summed E-state index contributed by atoms with van der Waals surface area (Å²) < 4.78 is 10.5. The van der Waals surface area contributed by atoms with Crippen LogP contribution in [-0.2, 0) is 4.74 Å². The maximum atomic E-state index is 11.4. The second-order valence-corrected chi connectivity index (χ2v) is 3.67. The van der Waals surface area contributed by atoms with Crippen LogP contribution in [0.5, 0.6) is 5.75 Å². The van der Waals surface area contributed by atoms with Gasteiger partial charge in [0.1, 0.15) is 11.3 Å². The third-order valence-electron chi connectivity index (χ3n) is 1.80. The van der Waals surface area contributed by atoms with E-state index in [4.69, 9.17) is 4.74 Å². The van der Waals surface area contributed by atoms with Crippen LogP contribution in [0.1, 0.15) is 15.9 Å². The van der Waals surface area contributed by atoms with Crippen LogP contribution < -0.4 is 4.74 Å². The van der Waals surface area contributed by atoms with Gasteiger partial charge in [-0.25, -0.2) is 4.79 Å². The van der Waals surface area contributed by atoms with Crippen molar-refractivity contribution in [3.63, 3.8) is 0 Å². The van der Waals surface area contributed by atoms with Gasteiger partial charge in [-0.2, -0.15) is 0 Å². The highest BCUT2D eigenvalue weighted by molar-refractivity contribution is 9.10. The molecule has 0 amide bonds. The molecule has 76 valence electrons. The zero-order valence-electron chi connectivity index (χ0n) is 8.26. The molecule has 0 saturated heterocycles. The molecular formula is C10H11BrO3. The highest BCUT2D eigenvalue weighted by Crippen LogP contribution is 2.30. The molecule has 1 rings (SSSR count). The number of aryl methyl sites for hydroxylation is 1. The van der Waals surface area contributed by atoms with Crippen molar-refractivity contribution in [1.29, 1.82) is 0 Å². The van der Waals surface area contributed by atoms with Crippen molar-refractivity contribution in [3.8, 4) is 5.75 Å². The fourth-order valence-electron chi connectivity index (χ4n) is 1.20. The van der Waals surface area contributed by atoms with E-state index < -0.39 is 5.97 Å². The third kappa shape index (κ3) is 2.07. The summed E-state index contributed by atoms with van der Waals surface area (Å²) in [5.74, 6) is 0.105. The molecule has 1 aromatic rings. The highest BCUT2D eigenvalue weighted by atomic mass is 79.9. The average Bonchev–Trinajstić information content (AvgIpc) is 2.15. The molecule has 0 atom stereocenters. The van der Waals surface area contributed by atoms with Crippen LogP contribution in [0.25, 0.3) is 0 Å². The quantitative estimate of drug-likeness (QED) is 0.765. The molecule has 0 fully saturated rings. The van der Waals surface area contributed by atoms with E-state index in [1.165, 1.54) is 14.2 Å². The van der Waals surface area contributed by atoms with Gasteiger partial charge < -0.3 is 9.47 Å². The lowest BCUT2D eigenvalue weighted by Crippen LogP contribution is -2.05. The second-order valence-electron chi connectivity index (χ2n) is 2.82. The average molecular weight is 259 g/mol. The zero-order valence-corrected chi connectivity index (χ0v) is 9.84. The van der Waals surface area contributed by atoms with Crippen LogP contribution in [0.4, 0.5) is 0 Å². The van der Waals surface area contributed by atoms with Crippen molar-refractivity contribution in [2.24, 2.45) is 0 Å². The molecule has 0 spiro atoms.